The highest BCUT2D eigenvalue weighted by Gasteiger charge is 2.59. The average Bonchev–Trinajstić information content (AvgIpc) is 3.66. The second-order valence-corrected chi connectivity index (χ2v) is 22.8. The van der Waals surface area contributed by atoms with Crippen molar-refractivity contribution >= 4 is 0 Å². The summed E-state index contributed by atoms with van der Waals surface area (Å²) in [4.78, 5) is 0. The number of hydrogen-bond donors (Lipinski definition) is 0. The van der Waals surface area contributed by atoms with Crippen LogP contribution in [0.3, 0.4) is 0 Å². The molecule has 2 aromatic rings. The molecule has 0 aliphatic heterocycles. The van der Waals surface area contributed by atoms with Crippen LogP contribution in [0.15, 0.2) is 60.2 Å². The quantitative estimate of drug-likeness (QED) is 0.0558. The summed E-state index contributed by atoms with van der Waals surface area (Å²) >= 11 is 0. The first kappa shape index (κ1) is 51.1. The van der Waals surface area contributed by atoms with Crippen LogP contribution in [0.1, 0.15) is 228 Å². The smallest absolute Gasteiger partial charge is 0.119 e. The van der Waals surface area contributed by atoms with Crippen molar-refractivity contribution in [3.8, 4) is 22.6 Å². The standard InChI is InChI=1S/C61H98O3/c1-7-8-9-10-11-12-13-16-19-22-44-62-53-33-28-50(29-34-53)51-30-35-54(36-31-51)63-45-23-20-17-14-15-18-21-24-46-64-55-40-42-60(5)52(47-55)32-37-56-58-39-38-57(49(4)27-25-26-48(2)3)61(58,6)43-41-59(56)60/h28-36,48-49,55-59H,7-27,37-47H2,1-6H3/t49-,55+,56+,57-,58+,59+,60+,61-/m1/s1. The molecule has 0 heterocycles. The Morgan fingerprint density at radius 1 is 0.547 bits per heavy atom. The fraction of sp³-hybridized carbons (Fsp3) is 0.770. The lowest BCUT2D eigenvalue weighted by Crippen LogP contribution is -2.51. The number of fused-ring (bicyclic) bond motifs is 5. The van der Waals surface area contributed by atoms with E-state index >= 15 is 0 Å². The Hall–Kier alpha value is -2.26. The molecule has 0 unspecified atom stereocenters. The van der Waals surface area contributed by atoms with Crippen molar-refractivity contribution in [3.05, 3.63) is 60.2 Å². The monoisotopic (exact) mass is 879 g/mol. The second kappa shape index (κ2) is 26.9. The van der Waals surface area contributed by atoms with Gasteiger partial charge in [0.2, 0.25) is 0 Å². The Kier molecular flexibility index (Phi) is 21.5. The molecule has 0 N–H and O–H groups in total. The van der Waals surface area contributed by atoms with Crippen LogP contribution in [-0.2, 0) is 4.74 Å². The lowest BCUT2D eigenvalue weighted by molar-refractivity contribution is -0.0641. The van der Waals surface area contributed by atoms with Gasteiger partial charge in [0.25, 0.3) is 0 Å². The predicted octanol–water partition coefficient (Wildman–Crippen LogP) is 18.6. The minimum Gasteiger partial charge on any atom is -0.494 e. The van der Waals surface area contributed by atoms with E-state index in [1.54, 1.807) is 5.57 Å². The summed E-state index contributed by atoms with van der Waals surface area (Å²) in [6.07, 6.45) is 42.4. The van der Waals surface area contributed by atoms with Gasteiger partial charge in [0.1, 0.15) is 11.5 Å². The van der Waals surface area contributed by atoms with Gasteiger partial charge < -0.3 is 14.2 Å². The van der Waals surface area contributed by atoms with Gasteiger partial charge >= 0.3 is 0 Å². The highest BCUT2D eigenvalue weighted by atomic mass is 16.5. The average molecular weight is 879 g/mol. The highest BCUT2D eigenvalue weighted by Crippen LogP contribution is 2.67. The van der Waals surface area contributed by atoms with Gasteiger partial charge in [-0.15, -0.1) is 0 Å². The molecule has 2 aromatic carbocycles. The molecule has 6 rings (SSSR count). The predicted molar refractivity (Wildman–Crippen MR) is 274 cm³/mol. The lowest BCUT2D eigenvalue weighted by atomic mass is 9.47. The van der Waals surface area contributed by atoms with Gasteiger partial charge in [-0.1, -0.05) is 193 Å². The third-order valence-electron chi connectivity index (χ3n) is 17.7. The van der Waals surface area contributed by atoms with E-state index in [0.29, 0.717) is 16.9 Å². The molecule has 3 fully saturated rings. The molecule has 4 aliphatic rings. The van der Waals surface area contributed by atoms with E-state index in [2.05, 4.69) is 96.1 Å². The summed E-state index contributed by atoms with van der Waals surface area (Å²) in [6, 6.07) is 17.2. The van der Waals surface area contributed by atoms with Crippen LogP contribution in [0.4, 0.5) is 0 Å². The number of unbranched alkanes of at least 4 members (excludes halogenated alkanes) is 16. The molecule has 3 heteroatoms. The van der Waals surface area contributed by atoms with Crippen LogP contribution >= 0.6 is 0 Å². The first-order valence-electron chi connectivity index (χ1n) is 28.0. The number of ether oxygens (including phenoxy) is 3. The van der Waals surface area contributed by atoms with Crippen molar-refractivity contribution in [2.24, 2.45) is 46.3 Å². The number of rotatable bonds is 31. The first-order valence-corrected chi connectivity index (χ1v) is 28.0. The first-order chi connectivity index (χ1) is 31.2. The summed E-state index contributed by atoms with van der Waals surface area (Å²) in [5.41, 5.74) is 5.24. The largest absolute Gasteiger partial charge is 0.494 e. The van der Waals surface area contributed by atoms with E-state index in [1.807, 2.05) is 0 Å². The Labute approximate surface area is 395 Å². The van der Waals surface area contributed by atoms with Gasteiger partial charge in [0.05, 0.1) is 19.3 Å². The third-order valence-corrected chi connectivity index (χ3v) is 17.7. The second-order valence-electron chi connectivity index (χ2n) is 22.8. The molecule has 0 spiro atoms. The zero-order chi connectivity index (χ0) is 45.0. The van der Waals surface area contributed by atoms with Crippen molar-refractivity contribution in [1.82, 2.24) is 0 Å². The van der Waals surface area contributed by atoms with Crippen molar-refractivity contribution < 1.29 is 14.2 Å². The Balaban J connectivity index is 0.757. The molecule has 64 heavy (non-hydrogen) atoms. The molecule has 0 radical (unpaired) electrons. The molecular weight excluding hydrogens is 781 g/mol. The van der Waals surface area contributed by atoms with Gasteiger partial charge in [-0.05, 0) is 152 Å². The van der Waals surface area contributed by atoms with E-state index in [-0.39, 0.29) is 0 Å². The lowest BCUT2D eigenvalue weighted by Gasteiger charge is -2.58. The van der Waals surface area contributed by atoms with E-state index in [1.165, 1.54) is 184 Å². The van der Waals surface area contributed by atoms with Gasteiger partial charge in [0.15, 0.2) is 0 Å². The molecule has 0 aromatic heterocycles. The maximum absolute atomic E-state index is 6.60. The van der Waals surface area contributed by atoms with E-state index in [4.69, 9.17) is 14.2 Å². The van der Waals surface area contributed by atoms with Crippen LogP contribution in [-0.4, -0.2) is 25.9 Å². The SMILES string of the molecule is CCCCCCCCCCCCOc1ccc(-c2ccc(OCCCCCCCCCCO[C@H]3CC[C@@]4(C)C(=CC[C@H]5[C@@H]6CC[C@H]([C@H](C)CCCC(C)C)[C@@]6(C)CC[C@@H]54)C3)cc2)cc1. The molecule has 0 saturated heterocycles. The molecule has 3 nitrogen and oxygen atoms in total. The van der Waals surface area contributed by atoms with Crippen LogP contribution < -0.4 is 9.47 Å². The number of benzene rings is 2. The maximum atomic E-state index is 6.60. The Morgan fingerprint density at radius 3 is 1.62 bits per heavy atom. The molecule has 360 valence electrons. The minimum absolute atomic E-state index is 0.429. The Morgan fingerprint density at radius 2 is 1.08 bits per heavy atom. The maximum Gasteiger partial charge on any atom is 0.119 e. The van der Waals surface area contributed by atoms with Gasteiger partial charge in [0, 0.05) is 6.61 Å². The fourth-order valence-corrected chi connectivity index (χ4v) is 13.8. The van der Waals surface area contributed by atoms with Crippen molar-refractivity contribution in [2.75, 3.05) is 19.8 Å². The molecule has 8 atom stereocenters. The minimum atomic E-state index is 0.429. The summed E-state index contributed by atoms with van der Waals surface area (Å²) in [5, 5.41) is 0. The summed E-state index contributed by atoms with van der Waals surface area (Å²) < 4.78 is 18.7. The molecular formula is C61H98O3. The van der Waals surface area contributed by atoms with Crippen LogP contribution in [0.25, 0.3) is 11.1 Å². The summed E-state index contributed by atoms with van der Waals surface area (Å²) in [5.74, 6) is 7.43. The highest BCUT2D eigenvalue weighted by molar-refractivity contribution is 5.64. The Bertz CT molecular complexity index is 1590. The van der Waals surface area contributed by atoms with Gasteiger partial charge in [-0.25, -0.2) is 0 Å². The van der Waals surface area contributed by atoms with E-state index < -0.39 is 0 Å². The van der Waals surface area contributed by atoms with Crippen molar-refractivity contribution in [2.45, 2.75) is 234 Å². The fourth-order valence-electron chi connectivity index (χ4n) is 13.8. The van der Waals surface area contributed by atoms with Crippen LogP contribution in [0.2, 0.25) is 0 Å². The van der Waals surface area contributed by atoms with E-state index in [9.17, 15) is 0 Å². The molecule has 4 aliphatic carbocycles. The normalized spacial score (nSPS) is 26.9. The third kappa shape index (κ3) is 14.9. The molecule has 0 bridgehead atoms. The van der Waals surface area contributed by atoms with Crippen LogP contribution in [0.5, 0.6) is 11.5 Å². The van der Waals surface area contributed by atoms with Gasteiger partial charge in [-0.3, -0.25) is 0 Å². The van der Waals surface area contributed by atoms with Crippen LogP contribution in [0, 0.1) is 46.3 Å². The number of allylic oxidation sites excluding steroid dienone is 1. The number of hydrogen-bond acceptors (Lipinski definition) is 3. The molecule has 3 saturated carbocycles. The van der Waals surface area contributed by atoms with E-state index in [0.717, 1.165) is 79.7 Å². The summed E-state index contributed by atoms with van der Waals surface area (Å²) in [6.45, 7) is 17.7. The topological polar surface area (TPSA) is 27.7 Å². The molecule has 0 amide bonds. The zero-order valence-electron chi connectivity index (χ0n) is 42.6. The van der Waals surface area contributed by atoms with Gasteiger partial charge in [-0.2, -0.15) is 0 Å². The zero-order valence-corrected chi connectivity index (χ0v) is 42.6. The summed E-state index contributed by atoms with van der Waals surface area (Å²) in [7, 11) is 0. The van der Waals surface area contributed by atoms with Crippen molar-refractivity contribution in [3.63, 3.8) is 0 Å². The van der Waals surface area contributed by atoms with Crippen molar-refractivity contribution in [1.29, 1.82) is 0 Å².